The average Bonchev–Trinajstić information content (AvgIpc) is 2.94. The minimum absolute atomic E-state index is 0.350. The number of thiophene rings is 1. The van der Waals surface area contributed by atoms with Crippen molar-refractivity contribution in [2.45, 2.75) is 20.0 Å². The van der Waals surface area contributed by atoms with E-state index in [1.54, 1.807) is 11.3 Å². The number of azide groups is 1. The van der Waals surface area contributed by atoms with Crippen molar-refractivity contribution in [3.05, 3.63) is 39.7 Å². The highest BCUT2D eigenvalue weighted by molar-refractivity contribution is 7.13. The van der Waals surface area contributed by atoms with Crippen molar-refractivity contribution in [2.24, 2.45) is 5.11 Å². The van der Waals surface area contributed by atoms with E-state index in [-0.39, 0.29) is 0 Å². The molecule has 0 saturated carbocycles. The summed E-state index contributed by atoms with van der Waals surface area (Å²) >= 11 is 1.65. The third-order valence-electron chi connectivity index (χ3n) is 2.23. The van der Waals surface area contributed by atoms with E-state index in [0.29, 0.717) is 6.54 Å². The van der Waals surface area contributed by atoms with Crippen LogP contribution in [0.4, 0.5) is 0 Å². The van der Waals surface area contributed by atoms with Gasteiger partial charge in [0.25, 0.3) is 0 Å². The van der Waals surface area contributed by atoms with Gasteiger partial charge in [-0.05, 0) is 30.0 Å². The van der Waals surface area contributed by atoms with Gasteiger partial charge in [-0.25, -0.2) is 0 Å². The number of hydrogen-bond donors (Lipinski definition) is 0. The molecule has 0 radical (unpaired) electrons. The van der Waals surface area contributed by atoms with Gasteiger partial charge in [0.05, 0.1) is 11.4 Å². The Morgan fingerprint density at radius 1 is 1.62 bits per heavy atom. The lowest BCUT2D eigenvalue weighted by Crippen LogP contribution is -2.01. The van der Waals surface area contributed by atoms with Crippen molar-refractivity contribution >= 4 is 11.3 Å². The first-order valence-corrected chi connectivity index (χ1v) is 5.84. The summed E-state index contributed by atoms with van der Waals surface area (Å²) in [5.74, 6) is 0. The quantitative estimate of drug-likeness (QED) is 0.453. The number of aryl methyl sites for hydroxylation is 1. The zero-order valence-corrected chi connectivity index (χ0v) is 9.68. The summed E-state index contributed by atoms with van der Waals surface area (Å²) in [6, 6.07) is 6.01. The summed E-state index contributed by atoms with van der Waals surface area (Å²) in [5.41, 5.74) is 10.2. The second kappa shape index (κ2) is 4.83. The molecule has 2 heterocycles. The first kappa shape index (κ1) is 10.7. The lowest BCUT2D eigenvalue weighted by Gasteiger charge is -1.99. The van der Waals surface area contributed by atoms with Crippen LogP contribution < -0.4 is 0 Å². The third-order valence-corrected chi connectivity index (χ3v) is 3.12. The van der Waals surface area contributed by atoms with E-state index in [2.05, 4.69) is 15.1 Å². The summed E-state index contributed by atoms with van der Waals surface area (Å²) in [6.07, 6.45) is 0. The Balaban J connectivity index is 2.35. The Bertz CT molecular complexity index is 507. The maximum Gasteiger partial charge on any atom is 0.103 e. The molecule has 6 heteroatoms. The lowest BCUT2D eigenvalue weighted by molar-refractivity contribution is 0.624. The Morgan fingerprint density at radius 2 is 2.50 bits per heavy atom. The average molecular weight is 233 g/mol. The van der Waals surface area contributed by atoms with Crippen molar-refractivity contribution < 1.29 is 0 Å². The first-order valence-electron chi connectivity index (χ1n) is 4.96. The summed E-state index contributed by atoms with van der Waals surface area (Å²) in [4.78, 5) is 3.90. The van der Waals surface area contributed by atoms with E-state index >= 15 is 0 Å². The highest BCUT2D eigenvalue weighted by Crippen LogP contribution is 2.24. The van der Waals surface area contributed by atoms with Gasteiger partial charge in [-0.2, -0.15) is 5.10 Å². The van der Waals surface area contributed by atoms with E-state index in [9.17, 15) is 0 Å². The minimum atomic E-state index is 0.350. The van der Waals surface area contributed by atoms with E-state index < -0.39 is 0 Å². The molecule has 0 N–H and O–H groups in total. The predicted molar refractivity (Wildman–Crippen MR) is 64.1 cm³/mol. The predicted octanol–water partition coefficient (Wildman–Crippen LogP) is 3.44. The summed E-state index contributed by atoms with van der Waals surface area (Å²) in [7, 11) is 0. The van der Waals surface area contributed by atoms with Crippen LogP contribution in [0.25, 0.3) is 21.0 Å². The lowest BCUT2D eigenvalue weighted by atomic mass is 10.3. The van der Waals surface area contributed by atoms with Crippen molar-refractivity contribution in [3.63, 3.8) is 0 Å². The molecule has 0 aliphatic carbocycles. The van der Waals surface area contributed by atoms with Crippen molar-refractivity contribution in [1.82, 2.24) is 9.78 Å². The van der Waals surface area contributed by atoms with Crippen molar-refractivity contribution in [3.8, 4) is 10.6 Å². The van der Waals surface area contributed by atoms with Crippen molar-refractivity contribution in [1.29, 1.82) is 0 Å². The molecule has 5 nitrogen and oxygen atoms in total. The second-order valence-corrected chi connectivity index (χ2v) is 4.15. The number of hydrogen-bond acceptors (Lipinski definition) is 3. The SMILES string of the molecule is CCn1nc(-c2cccs2)cc1CN=[N+]=[N-]. The summed E-state index contributed by atoms with van der Waals surface area (Å²) in [6.45, 7) is 3.15. The standard InChI is InChI=1S/C10H11N5S/c1-2-15-8(7-12-14-11)6-9(13-15)10-4-3-5-16-10/h3-6H,2,7H2,1H3. The summed E-state index contributed by atoms with van der Waals surface area (Å²) in [5, 5.41) is 10.1. The fourth-order valence-electron chi connectivity index (χ4n) is 1.51. The van der Waals surface area contributed by atoms with Gasteiger partial charge in [-0.1, -0.05) is 11.2 Å². The molecule has 2 aromatic heterocycles. The smallest absolute Gasteiger partial charge is 0.103 e. The van der Waals surface area contributed by atoms with Crippen LogP contribution in [-0.4, -0.2) is 9.78 Å². The van der Waals surface area contributed by atoms with Gasteiger partial charge in [0.2, 0.25) is 0 Å². The van der Waals surface area contributed by atoms with Crippen LogP contribution >= 0.6 is 11.3 Å². The maximum absolute atomic E-state index is 8.31. The van der Waals surface area contributed by atoms with Crippen LogP contribution in [0.5, 0.6) is 0 Å². The van der Waals surface area contributed by atoms with Gasteiger partial charge >= 0.3 is 0 Å². The number of rotatable bonds is 4. The van der Waals surface area contributed by atoms with E-state index in [1.165, 1.54) is 0 Å². The van der Waals surface area contributed by atoms with Gasteiger partial charge in [-0.15, -0.1) is 11.3 Å². The van der Waals surface area contributed by atoms with Crippen LogP contribution in [0.15, 0.2) is 28.7 Å². The molecule has 0 aliphatic heterocycles. The second-order valence-electron chi connectivity index (χ2n) is 3.20. The third kappa shape index (κ3) is 2.08. The zero-order valence-electron chi connectivity index (χ0n) is 8.87. The Hall–Kier alpha value is -1.78. The first-order chi connectivity index (χ1) is 7.85. The van der Waals surface area contributed by atoms with Gasteiger partial charge < -0.3 is 0 Å². The summed E-state index contributed by atoms with van der Waals surface area (Å²) < 4.78 is 1.86. The topological polar surface area (TPSA) is 66.6 Å². The monoisotopic (exact) mass is 233 g/mol. The largest absolute Gasteiger partial charge is 0.269 e. The fraction of sp³-hybridized carbons (Fsp3) is 0.300. The molecule has 16 heavy (non-hydrogen) atoms. The normalized spacial score (nSPS) is 10.1. The molecular weight excluding hydrogens is 222 g/mol. The number of nitrogens with zero attached hydrogens (tertiary/aromatic N) is 5. The van der Waals surface area contributed by atoms with Crippen molar-refractivity contribution in [2.75, 3.05) is 0 Å². The molecule has 0 saturated heterocycles. The molecule has 0 unspecified atom stereocenters. The van der Waals surface area contributed by atoms with Gasteiger partial charge in [0.1, 0.15) is 5.69 Å². The molecule has 0 fully saturated rings. The van der Waals surface area contributed by atoms with E-state index in [4.69, 9.17) is 5.53 Å². The molecule has 82 valence electrons. The molecular formula is C10H11N5S. The highest BCUT2D eigenvalue weighted by atomic mass is 32.1. The molecule has 0 amide bonds. The van der Waals surface area contributed by atoms with E-state index in [1.807, 2.05) is 35.2 Å². The zero-order chi connectivity index (χ0) is 11.4. The number of aromatic nitrogens is 2. The Morgan fingerprint density at radius 3 is 3.12 bits per heavy atom. The van der Waals surface area contributed by atoms with E-state index in [0.717, 1.165) is 22.8 Å². The molecule has 0 aliphatic rings. The van der Waals surface area contributed by atoms with Crippen LogP contribution in [0, 0.1) is 0 Å². The Kier molecular flexibility index (Phi) is 3.24. The molecule has 2 aromatic rings. The van der Waals surface area contributed by atoms with Crippen LogP contribution in [0.1, 0.15) is 12.6 Å². The van der Waals surface area contributed by atoms with Gasteiger partial charge in [0.15, 0.2) is 0 Å². The maximum atomic E-state index is 8.31. The van der Waals surface area contributed by atoms with Gasteiger partial charge in [0, 0.05) is 17.2 Å². The molecule has 0 aromatic carbocycles. The molecule has 2 rings (SSSR count). The minimum Gasteiger partial charge on any atom is -0.269 e. The van der Waals surface area contributed by atoms with Crippen LogP contribution in [0.2, 0.25) is 0 Å². The fourth-order valence-corrected chi connectivity index (χ4v) is 2.19. The molecule has 0 spiro atoms. The van der Waals surface area contributed by atoms with Gasteiger partial charge in [-0.3, -0.25) is 4.68 Å². The van der Waals surface area contributed by atoms with Crippen LogP contribution in [0.3, 0.4) is 0 Å². The molecule has 0 bridgehead atoms. The highest BCUT2D eigenvalue weighted by Gasteiger charge is 2.08. The Labute approximate surface area is 97.0 Å². The molecule has 0 atom stereocenters. The van der Waals surface area contributed by atoms with Crippen LogP contribution in [-0.2, 0) is 13.1 Å².